The molecule has 118 valence electrons. The van der Waals surface area contributed by atoms with Crippen molar-refractivity contribution in [2.75, 3.05) is 28.2 Å². The van der Waals surface area contributed by atoms with Crippen LogP contribution in [0.4, 0.5) is 17.2 Å². The van der Waals surface area contributed by atoms with Gasteiger partial charge in [-0.05, 0) is 30.7 Å². The number of epoxide rings is 1. The Morgan fingerprint density at radius 1 is 1.30 bits per heavy atom. The molecule has 3 aliphatic rings. The highest BCUT2D eigenvalue weighted by atomic mass is 35.5. The van der Waals surface area contributed by atoms with E-state index in [9.17, 15) is 0 Å². The molecule has 23 heavy (non-hydrogen) atoms. The zero-order valence-electron chi connectivity index (χ0n) is 12.4. The highest BCUT2D eigenvalue weighted by Gasteiger charge is 2.51. The van der Waals surface area contributed by atoms with E-state index in [2.05, 4.69) is 31.2 Å². The molecule has 3 aliphatic heterocycles. The maximum absolute atomic E-state index is 6.13. The molecule has 0 saturated carbocycles. The summed E-state index contributed by atoms with van der Waals surface area (Å²) in [7, 11) is 0. The Balaban J connectivity index is 1.42. The second-order valence-corrected chi connectivity index (χ2v) is 6.49. The summed E-state index contributed by atoms with van der Waals surface area (Å²) in [6.45, 7) is 2.08. The molecule has 2 aromatic rings. The number of ether oxygens (including phenoxy) is 1. The van der Waals surface area contributed by atoms with Crippen LogP contribution < -0.4 is 15.1 Å². The summed E-state index contributed by atoms with van der Waals surface area (Å²) in [6, 6.07) is 8.25. The molecule has 7 heteroatoms. The zero-order chi connectivity index (χ0) is 15.4. The van der Waals surface area contributed by atoms with Crippen molar-refractivity contribution in [3.8, 4) is 0 Å². The van der Waals surface area contributed by atoms with E-state index in [0.29, 0.717) is 11.2 Å². The molecule has 2 bridgehead atoms. The summed E-state index contributed by atoms with van der Waals surface area (Å²) < 4.78 is 5.89. The van der Waals surface area contributed by atoms with Gasteiger partial charge in [-0.1, -0.05) is 11.6 Å². The number of aromatic nitrogens is 2. The Morgan fingerprint density at radius 3 is 3.13 bits per heavy atom. The van der Waals surface area contributed by atoms with Gasteiger partial charge in [0.25, 0.3) is 0 Å². The van der Waals surface area contributed by atoms with E-state index in [-0.39, 0.29) is 12.5 Å². The summed E-state index contributed by atoms with van der Waals surface area (Å²) in [5, 5.41) is 3.89. The molecule has 6 nitrogen and oxygen atoms in total. The number of nitrogens with zero attached hydrogens (tertiary/aromatic N) is 4. The highest BCUT2D eigenvalue weighted by molar-refractivity contribution is 6.29. The minimum absolute atomic E-state index is 0.00910. The van der Waals surface area contributed by atoms with E-state index in [0.717, 1.165) is 36.7 Å². The first-order chi connectivity index (χ1) is 11.3. The lowest BCUT2D eigenvalue weighted by Gasteiger charge is -2.36. The Hall–Kier alpha value is -2.05. The number of hydrogen-bond acceptors (Lipinski definition) is 6. The number of halogens is 1. The van der Waals surface area contributed by atoms with Gasteiger partial charge < -0.3 is 19.9 Å². The Bertz CT molecular complexity index is 743. The number of nitrogens with one attached hydrogen (secondary N) is 1. The lowest BCUT2D eigenvalue weighted by atomic mass is 10.2. The van der Waals surface area contributed by atoms with Crippen LogP contribution in [0.15, 0.2) is 36.7 Å². The van der Waals surface area contributed by atoms with Gasteiger partial charge >= 0.3 is 0 Å². The third-order valence-corrected chi connectivity index (χ3v) is 4.89. The summed E-state index contributed by atoms with van der Waals surface area (Å²) in [5.74, 6) is 0.937. The standard InChI is InChI=1S/C16H16ClN5O/c17-13-4-3-12-14(20-13)22(11-5-7-21(12)9-11)16-15(23-16)19-10-2-1-6-18-8-10/h1-4,6,8,11,15-16,19H,5,7,9H2/t11-,15?,16?/m0/s1. The van der Waals surface area contributed by atoms with Crippen LogP contribution in [-0.4, -0.2) is 41.6 Å². The number of fused-ring (bicyclic) bond motifs is 4. The average Bonchev–Trinajstić information content (AvgIpc) is 3.17. The maximum Gasteiger partial charge on any atom is 0.179 e. The van der Waals surface area contributed by atoms with Gasteiger partial charge in [0.05, 0.1) is 23.6 Å². The fourth-order valence-corrected chi connectivity index (χ4v) is 3.72. The van der Waals surface area contributed by atoms with Gasteiger partial charge in [0.1, 0.15) is 5.15 Å². The van der Waals surface area contributed by atoms with E-state index >= 15 is 0 Å². The second kappa shape index (κ2) is 4.97. The van der Waals surface area contributed by atoms with Gasteiger partial charge in [-0.2, -0.15) is 0 Å². The maximum atomic E-state index is 6.13. The van der Waals surface area contributed by atoms with Crippen molar-refractivity contribution in [1.82, 2.24) is 9.97 Å². The topological polar surface area (TPSA) is 56.8 Å². The molecule has 1 N–H and O–H groups in total. The number of rotatable bonds is 3. The first kappa shape index (κ1) is 13.4. The highest BCUT2D eigenvalue weighted by Crippen LogP contribution is 2.44. The minimum Gasteiger partial charge on any atom is -0.366 e. The van der Waals surface area contributed by atoms with Crippen LogP contribution in [0.5, 0.6) is 0 Å². The second-order valence-electron chi connectivity index (χ2n) is 6.11. The van der Waals surface area contributed by atoms with Crippen LogP contribution in [-0.2, 0) is 4.74 Å². The minimum atomic E-state index is -0.0417. The fourth-order valence-electron chi connectivity index (χ4n) is 3.58. The van der Waals surface area contributed by atoms with Gasteiger partial charge in [0, 0.05) is 19.3 Å². The predicted molar refractivity (Wildman–Crippen MR) is 88.9 cm³/mol. The molecule has 0 aliphatic carbocycles. The number of hydrogen-bond donors (Lipinski definition) is 1. The first-order valence-corrected chi connectivity index (χ1v) is 8.19. The molecular formula is C16H16ClN5O. The summed E-state index contributed by atoms with van der Waals surface area (Å²) in [4.78, 5) is 13.4. The van der Waals surface area contributed by atoms with Crippen LogP contribution in [0.2, 0.25) is 5.15 Å². The summed E-state index contributed by atoms with van der Waals surface area (Å²) >= 11 is 6.13. The Morgan fingerprint density at radius 2 is 2.26 bits per heavy atom. The lowest BCUT2D eigenvalue weighted by Crippen LogP contribution is -2.45. The van der Waals surface area contributed by atoms with Gasteiger partial charge in [0.15, 0.2) is 18.3 Å². The van der Waals surface area contributed by atoms with Crippen molar-refractivity contribution >= 4 is 28.8 Å². The molecular weight excluding hydrogens is 314 g/mol. The van der Waals surface area contributed by atoms with E-state index < -0.39 is 0 Å². The van der Waals surface area contributed by atoms with Gasteiger partial charge in [-0.25, -0.2) is 4.98 Å². The van der Waals surface area contributed by atoms with Crippen molar-refractivity contribution in [2.24, 2.45) is 0 Å². The SMILES string of the molecule is Clc1ccc2c(n1)N(C1OC1Nc1cccnc1)[C@H]1CCN2C1. The van der Waals surface area contributed by atoms with Crippen LogP contribution in [0.1, 0.15) is 6.42 Å². The summed E-state index contributed by atoms with van der Waals surface area (Å²) in [5.41, 5.74) is 2.11. The number of anilines is 3. The van der Waals surface area contributed by atoms with Crippen molar-refractivity contribution < 1.29 is 4.74 Å². The van der Waals surface area contributed by atoms with E-state index in [1.807, 2.05) is 18.2 Å². The molecule has 2 fully saturated rings. The smallest absolute Gasteiger partial charge is 0.179 e. The van der Waals surface area contributed by atoms with Crippen molar-refractivity contribution in [3.05, 3.63) is 41.8 Å². The van der Waals surface area contributed by atoms with Crippen LogP contribution >= 0.6 is 11.6 Å². The zero-order valence-corrected chi connectivity index (χ0v) is 13.1. The van der Waals surface area contributed by atoms with Crippen molar-refractivity contribution in [3.63, 3.8) is 0 Å². The third-order valence-electron chi connectivity index (χ3n) is 4.68. The van der Waals surface area contributed by atoms with Gasteiger partial charge in [-0.15, -0.1) is 0 Å². The van der Waals surface area contributed by atoms with Crippen molar-refractivity contribution in [2.45, 2.75) is 24.9 Å². The lowest BCUT2D eigenvalue weighted by molar-refractivity contribution is 0.361. The fraction of sp³-hybridized carbons (Fsp3) is 0.375. The Labute approximate surface area is 139 Å². The molecule has 0 aromatic carbocycles. The molecule has 0 radical (unpaired) electrons. The summed E-state index contributed by atoms with van der Waals surface area (Å²) in [6.07, 6.45) is 4.63. The molecule has 0 amide bonds. The van der Waals surface area contributed by atoms with Gasteiger partial charge in [0.2, 0.25) is 0 Å². The van der Waals surface area contributed by atoms with Crippen LogP contribution in [0, 0.1) is 0 Å². The monoisotopic (exact) mass is 329 g/mol. The van der Waals surface area contributed by atoms with E-state index in [4.69, 9.17) is 16.3 Å². The van der Waals surface area contributed by atoms with Crippen LogP contribution in [0.3, 0.4) is 0 Å². The normalized spacial score (nSPS) is 27.8. The van der Waals surface area contributed by atoms with E-state index in [1.54, 1.807) is 12.4 Å². The molecule has 2 saturated heterocycles. The van der Waals surface area contributed by atoms with E-state index in [1.165, 1.54) is 0 Å². The third kappa shape index (κ3) is 2.21. The largest absolute Gasteiger partial charge is 0.366 e. The molecule has 2 aromatic heterocycles. The van der Waals surface area contributed by atoms with Crippen LogP contribution in [0.25, 0.3) is 0 Å². The molecule has 5 rings (SSSR count). The number of pyridine rings is 2. The predicted octanol–water partition coefficient (Wildman–Crippen LogP) is 2.32. The molecule has 2 unspecified atom stereocenters. The quantitative estimate of drug-likeness (QED) is 0.689. The molecule has 3 atom stereocenters. The van der Waals surface area contributed by atoms with Crippen molar-refractivity contribution in [1.29, 1.82) is 0 Å². The molecule has 0 spiro atoms. The Kier molecular flexibility index (Phi) is 2.90. The average molecular weight is 330 g/mol. The first-order valence-electron chi connectivity index (χ1n) is 7.81. The molecule has 5 heterocycles. The van der Waals surface area contributed by atoms with Gasteiger partial charge in [-0.3, -0.25) is 4.98 Å².